The largest absolute Gasteiger partial charge is 0.368 e. The third kappa shape index (κ3) is 1.74. The van der Waals surface area contributed by atoms with E-state index in [4.69, 9.17) is 11.5 Å². The summed E-state index contributed by atoms with van der Waals surface area (Å²) in [6, 6.07) is 3.70. The molecule has 0 aromatic carbocycles. The monoisotopic (exact) mass is 218 g/mol. The lowest BCUT2D eigenvalue weighted by molar-refractivity contribution is 0.245. The smallest absolute Gasteiger partial charge is 0.220 e. The fourth-order valence-electron chi connectivity index (χ4n) is 1.49. The molecule has 84 valence electrons. The van der Waals surface area contributed by atoms with Crippen LogP contribution in [-0.4, -0.2) is 34.5 Å². The minimum absolute atomic E-state index is 0.190. The first-order valence-electron chi connectivity index (χ1n) is 4.88. The van der Waals surface area contributed by atoms with E-state index in [1.54, 1.807) is 24.2 Å². The van der Waals surface area contributed by atoms with Crippen LogP contribution in [0.1, 0.15) is 12.5 Å². The van der Waals surface area contributed by atoms with Crippen molar-refractivity contribution in [2.24, 2.45) is 21.5 Å². The highest BCUT2D eigenvalue weighted by atomic mass is 15.4. The Morgan fingerprint density at radius 2 is 1.94 bits per heavy atom. The second-order valence-corrected chi connectivity index (χ2v) is 3.79. The minimum atomic E-state index is -0.871. The van der Waals surface area contributed by atoms with Gasteiger partial charge < -0.3 is 10.6 Å². The van der Waals surface area contributed by atoms with Crippen LogP contribution in [0, 0.1) is 0 Å². The summed E-state index contributed by atoms with van der Waals surface area (Å²) < 4.78 is 0. The Morgan fingerprint density at radius 3 is 2.56 bits per heavy atom. The van der Waals surface area contributed by atoms with Crippen molar-refractivity contribution in [2.45, 2.75) is 12.7 Å². The first-order valence-corrected chi connectivity index (χ1v) is 4.88. The predicted octanol–water partition coefficient (Wildman–Crippen LogP) is -0.279. The molecule has 1 aliphatic rings. The van der Waals surface area contributed by atoms with E-state index in [0.29, 0.717) is 5.84 Å². The summed E-state index contributed by atoms with van der Waals surface area (Å²) in [5.74, 6) is 0.0135. The van der Waals surface area contributed by atoms with Crippen molar-refractivity contribution in [3.05, 3.63) is 30.1 Å². The zero-order chi connectivity index (χ0) is 11.8. The number of hydrogen-bond donors (Lipinski definition) is 2. The molecule has 0 saturated carbocycles. The zero-order valence-electron chi connectivity index (χ0n) is 9.25. The highest BCUT2D eigenvalue weighted by molar-refractivity contribution is 6.06. The molecule has 6 heteroatoms. The maximum absolute atomic E-state index is 6.00. The number of nitrogens with zero attached hydrogens (tertiary/aromatic N) is 4. The Kier molecular flexibility index (Phi) is 2.35. The van der Waals surface area contributed by atoms with Gasteiger partial charge >= 0.3 is 0 Å². The van der Waals surface area contributed by atoms with Crippen LogP contribution in [0.2, 0.25) is 0 Å². The molecule has 0 spiro atoms. The number of nitrogens with two attached hydrogens (primary N) is 2. The van der Waals surface area contributed by atoms with Crippen LogP contribution in [-0.2, 0) is 0 Å². The molecule has 4 N–H and O–H groups in total. The van der Waals surface area contributed by atoms with Gasteiger partial charge in [0.25, 0.3) is 0 Å². The van der Waals surface area contributed by atoms with Gasteiger partial charge in [0.15, 0.2) is 5.79 Å². The van der Waals surface area contributed by atoms with E-state index in [9.17, 15) is 0 Å². The van der Waals surface area contributed by atoms with Gasteiger partial charge in [-0.05, 0) is 19.1 Å². The van der Waals surface area contributed by atoms with Crippen molar-refractivity contribution in [1.29, 1.82) is 0 Å². The van der Waals surface area contributed by atoms with Gasteiger partial charge in [-0.25, -0.2) is 4.99 Å². The molecule has 6 nitrogen and oxygen atoms in total. The molecule has 1 aromatic heterocycles. The van der Waals surface area contributed by atoms with E-state index in [-0.39, 0.29) is 5.96 Å². The number of guanidine groups is 1. The van der Waals surface area contributed by atoms with Gasteiger partial charge in [-0.15, -0.1) is 0 Å². The second-order valence-electron chi connectivity index (χ2n) is 3.79. The highest BCUT2D eigenvalue weighted by Gasteiger charge is 2.30. The van der Waals surface area contributed by atoms with Gasteiger partial charge in [0.1, 0.15) is 5.84 Å². The minimum Gasteiger partial charge on any atom is -0.368 e. The van der Waals surface area contributed by atoms with Crippen LogP contribution in [0.15, 0.2) is 34.5 Å². The number of rotatable bonds is 1. The molecule has 16 heavy (non-hydrogen) atoms. The average molecular weight is 218 g/mol. The summed E-state index contributed by atoms with van der Waals surface area (Å²) in [7, 11) is 1.83. The molecule has 0 saturated heterocycles. The van der Waals surface area contributed by atoms with E-state index in [0.717, 1.165) is 5.56 Å². The molecule has 0 amide bonds. The SMILES string of the molecule is CN1C(c2ccncc2)=NC(N)=NC1(C)N. The number of hydrogen-bond acceptors (Lipinski definition) is 6. The van der Waals surface area contributed by atoms with E-state index in [1.165, 1.54) is 0 Å². The number of amidine groups is 1. The second kappa shape index (κ2) is 3.57. The Balaban J connectivity index is 2.46. The third-order valence-electron chi connectivity index (χ3n) is 2.50. The molecule has 1 atom stereocenters. The summed E-state index contributed by atoms with van der Waals surface area (Å²) in [6.45, 7) is 1.77. The van der Waals surface area contributed by atoms with E-state index in [2.05, 4.69) is 15.0 Å². The molecule has 0 aliphatic carbocycles. The van der Waals surface area contributed by atoms with Crippen molar-refractivity contribution in [3.8, 4) is 0 Å². The zero-order valence-corrected chi connectivity index (χ0v) is 9.25. The van der Waals surface area contributed by atoms with Crippen molar-refractivity contribution < 1.29 is 0 Å². The fourth-order valence-corrected chi connectivity index (χ4v) is 1.49. The molecule has 2 heterocycles. The maximum atomic E-state index is 6.00. The molecule has 2 rings (SSSR count). The molecular formula is C10H14N6. The van der Waals surface area contributed by atoms with E-state index < -0.39 is 5.79 Å². The van der Waals surface area contributed by atoms with Gasteiger partial charge in [-0.3, -0.25) is 10.7 Å². The van der Waals surface area contributed by atoms with Gasteiger partial charge in [0.2, 0.25) is 5.96 Å². The van der Waals surface area contributed by atoms with Gasteiger partial charge in [-0.1, -0.05) is 0 Å². The van der Waals surface area contributed by atoms with Crippen molar-refractivity contribution in [2.75, 3.05) is 7.05 Å². The molecule has 1 aromatic rings. The molecule has 1 aliphatic heterocycles. The summed E-state index contributed by atoms with van der Waals surface area (Å²) in [4.78, 5) is 14.0. The van der Waals surface area contributed by atoms with Crippen LogP contribution < -0.4 is 11.5 Å². The molecule has 0 radical (unpaired) electrons. The first kappa shape index (κ1) is 10.6. The van der Waals surface area contributed by atoms with Crippen LogP contribution in [0.5, 0.6) is 0 Å². The molecule has 0 bridgehead atoms. The Morgan fingerprint density at radius 1 is 1.31 bits per heavy atom. The lowest BCUT2D eigenvalue weighted by atomic mass is 10.2. The van der Waals surface area contributed by atoms with Crippen LogP contribution in [0.3, 0.4) is 0 Å². The number of aliphatic imine (C=N–C) groups is 2. The topological polar surface area (TPSA) is 92.9 Å². The maximum Gasteiger partial charge on any atom is 0.220 e. The average Bonchev–Trinajstić information content (AvgIpc) is 2.24. The normalized spacial score (nSPS) is 25.1. The fraction of sp³-hybridized carbons (Fsp3) is 0.300. The third-order valence-corrected chi connectivity index (χ3v) is 2.50. The summed E-state index contributed by atoms with van der Waals surface area (Å²) >= 11 is 0. The Hall–Kier alpha value is -1.95. The van der Waals surface area contributed by atoms with E-state index >= 15 is 0 Å². The Bertz CT molecular complexity index is 448. The van der Waals surface area contributed by atoms with Gasteiger partial charge in [-0.2, -0.15) is 4.99 Å². The van der Waals surface area contributed by atoms with Crippen molar-refractivity contribution in [3.63, 3.8) is 0 Å². The first-order chi connectivity index (χ1) is 7.50. The molecule has 0 fully saturated rings. The van der Waals surface area contributed by atoms with Gasteiger partial charge in [0.05, 0.1) is 0 Å². The highest BCUT2D eigenvalue weighted by Crippen LogP contribution is 2.17. The van der Waals surface area contributed by atoms with Gasteiger partial charge in [0, 0.05) is 25.0 Å². The summed E-state index contributed by atoms with van der Waals surface area (Å²) in [5.41, 5.74) is 12.6. The number of aromatic nitrogens is 1. The quantitative estimate of drug-likeness (QED) is 0.678. The summed E-state index contributed by atoms with van der Waals surface area (Å²) in [6.07, 6.45) is 3.39. The summed E-state index contributed by atoms with van der Waals surface area (Å²) in [5, 5.41) is 0. The standard InChI is InChI=1S/C10H14N6/c1-10(12)15-9(11)14-8(16(10)2)7-3-5-13-6-4-7/h3-6H,12H2,1-2H3,(H2,11,15). The van der Waals surface area contributed by atoms with Crippen molar-refractivity contribution >= 4 is 11.8 Å². The van der Waals surface area contributed by atoms with E-state index in [1.807, 2.05) is 19.2 Å². The predicted molar refractivity (Wildman–Crippen MR) is 62.8 cm³/mol. The van der Waals surface area contributed by atoms with Crippen LogP contribution in [0.25, 0.3) is 0 Å². The molecular weight excluding hydrogens is 204 g/mol. The van der Waals surface area contributed by atoms with Crippen molar-refractivity contribution in [1.82, 2.24) is 9.88 Å². The number of pyridine rings is 1. The van der Waals surface area contributed by atoms with Crippen LogP contribution in [0.4, 0.5) is 0 Å². The molecule has 1 unspecified atom stereocenters. The van der Waals surface area contributed by atoms with Crippen LogP contribution >= 0.6 is 0 Å². The lowest BCUT2D eigenvalue weighted by Gasteiger charge is -2.36. The lowest BCUT2D eigenvalue weighted by Crippen LogP contribution is -2.56. The Labute approximate surface area is 93.7 Å².